The standard InChI is InChI=1S/C24H19F4N3O2S/c25-18-12-10-17(11-13-18)21-22(19-8-4-5-9-20(19)34(29,32)33)30-31(23(21)24(26,27)28)15-14-16-6-2-1-3-7-16/h1-13H,14-15H2,(H2,29,32,33). The van der Waals surface area contributed by atoms with E-state index in [0.717, 1.165) is 22.4 Å². The predicted octanol–water partition coefficient (Wildman–Crippen LogP) is 5.27. The zero-order valence-electron chi connectivity index (χ0n) is 17.6. The van der Waals surface area contributed by atoms with Gasteiger partial charge in [0.1, 0.15) is 11.5 Å². The summed E-state index contributed by atoms with van der Waals surface area (Å²) in [4.78, 5) is -0.361. The summed E-state index contributed by atoms with van der Waals surface area (Å²) in [5, 5.41) is 9.55. The van der Waals surface area contributed by atoms with Gasteiger partial charge in [-0.2, -0.15) is 18.3 Å². The minimum Gasteiger partial charge on any atom is -0.259 e. The highest BCUT2D eigenvalue weighted by atomic mass is 32.2. The number of sulfonamides is 1. The molecule has 3 aromatic carbocycles. The van der Waals surface area contributed by atoms with Crippen LogP contribution in [0, 0.1) is 5.82 Å². The number of aryl methyl sites for hydroxylation is 2. The van der Waals surface area contributed by atoms with E-state index in [0.29, 0.717) is 0 Å². The van der Waals surface area contributed by atoms with Crippen molar-refractivity contribution in [3.8, 4) is 22.4 Å². The van der Waals surface area contributed by atoms with Crippen LogP contribution in [0.5, 0.6) is 0 Å². The second-order valence-electron chi connectivity index (χ2n) is 7.58. The summed E-state index contributed by atoms with van der Waals surface area (Å²) in [6, 6.07) is 18.8. The van der Waals surface area contributed by atoms with Crippen molar-refractivity contribution in [2.45, 2.75) is 24.0 Å². The van der Waals surface area contributed by atoms with Gasteiger partial charge in [-0.15, -0.1) is 0 Å². The first-order valence-electron chi connectivity index (χ1n) is 10.2. The molecule has 0 saturated carbocycles. The fourth-order valence-corrected chi connectivity index (χ4v) is 4.52. The smallest absolute Gasteiger partial charge is 0.259 e. The lowest BCUT2D eigenvalue weighted by atomic mass is 9.98. The first-order valence-corrected chi connectivity index (χ1v) is 11.7. The molecule has 0 atom stereocenters. The van der Waals surface area contributed by atoms with Crippen molar-refractivity contribution in [1.82, 2.24) is 9.78 Å². The molecule has 2 N–H and O–H groups in total. The molecule has 4 rings (SSSR count). The Hall–Kier alpha value is -3.50. The highest BCUT2D eigenvalue weighted by Gasteiger charge is 2.41. The average molecular weight is 489 g/mol. The van der Waals surface area contributed by atoms with Crippen LogP contribution in [0.15, 0.2) is 83.8 Å². The Morgan fingerprint density at radius 2 is 1.50 bits per heavy atom. The molecule has 34 heavy (non-hydrogen) atoms. The Morgan fingerprint density at radius 1 is 0.882 bits per heavy atom. The molecule has 0 aliphatic heterocycles. The number of hydrogen-bond donors (Lipinski definition) is 1. The zero-order valence-corrected chi connectivity index (χ0v) is 18.4. The van der Waals surface area contributed by atoms with E-state index in [9.17, 15) is 26.0 Å². The fourth-order valence-electron chi connectivity index (χ4n) is 3.78. The molecule has 0 saturated heterocycles. The number of benzene rings is 3. The molecule has 0 spiro atoms. The monoisotopic (exact) mass is 489 g/mol. The molecule has 176 valence electrons. The second-order valence-corrected chi connectivity index (χ2v) is 9.11. The van der Waals surface area contributed by atoms with E-state index in [1.165, 1.54) is 36.4 Å². The topological polar surface area (TPSA) is 78.0 Å². The maximum atomic E-state index is 14.4. The summed E-state index contributed by atoms with van der Waals surface area (Å²) in [6.07, 6.45) is -4.58. The van der Waals surface area contributed by atoms with E-state index in [4.69, 9.17) is 5.14 Å². The maximum absolute atomic E-state index is 14.4. The lowest BCUT2D eigenvalue weighted by Crippen LogP contribution is -2.16. The SMILES string of the molecule is NS(=O)(=O)c1ccccc1-c1nn(CCc2ccccc2)c(C(F)(F)F)c1-c1ccc(F)cc1. The molecular weight excluding hydrogens is 470 g/mol. The number of aromatic nitrogens is 2. The molecule has 1 heterocycles. The van der Waals surface area contributed by atoms with E-state index in [1.54, 1.807) is 30.3 Å². The van der Waals surface area contributed by atoms with Crippen molar-refractivity contribution in [2.75, 3.05) is 0 Å². The van der Waals surface area contributed by atoms with Crippen molar-refractivity contribution in [2.24, 2.45) is 5.14 Å². The van der Waals surface area contributed by atoms with Crippen molar-refractivity contribution in [3.63, 3.8) is 0 Å². The van der Waals surface area contributed by atoms with Crippen molar-refractivity contribution in [1.29, 1.82) is 0 Å². The van der Waals surface area contributed by atoms with Gasteiger partial charge in [-0.05, 0) is 35.7 Å². The van der Waals surface area contributed by atoms with Crippen LogP contribution < -0.4 is 5.14 Å². The van der Waals surface area contributed by atoms with Gasteiger partial charge in [0.2, 0.25) is 10.0 Å². The summed E-state index contributed by atoms with van der Waals surface area (Å²) >= 11 is 0. The second kappa shape index (κ2) is 9.03. The molecule has 0 unspecified atom stereocenters. The third-order valence-corrected chi connectivity index (χ3v) is 6.23. The van der Waals surface area contributed by atoms with E-state index in [1.807, 2.05) is 0 Å². The lowest BCUT2D eigenvalue weighted by molar-refractivity contribution is -0.143. The number of halogens is 4. The molecule has 0 amide bonds. The van der Waals surface area contributed by atoms with Crippen LogP contribution in [0.2, 0.25) is 0 Å². The van der Waals surface area contributed by atoms with Gasteiger partial charge in [-0.3, -0.25) is 4.68 Å². The van der Waals surface area contributed by atoms with Crippen LogP contribution in [-0.4, -0.2) is 18.2 Å². The molecule has 4 aromatic rings. The van der Waals surface area contributed by atoms with Gasteiger partial charge in [0, 0.05) is 17.7 Å². The summed E-state index contributed by atoms with van der Waals surface area (Å²) in [5.74, 6) is -0.625. The Balaban J connectivity index is 1.99. The summed E-state index contributed by atoms with van der Waals surface area (Å²) in [7, 11) is -4.27. The van der Waals surface area contributed by atoms with Crippen LogP contribution in [0.25, 0.3) is 22.4 Å². The molecule has 10 heteroatoms. The van der Waals surface area contributed by atoms with E-state index in [2.05, 4.69) is 5.10 Å². The van der Waals surface area contributed by atoms with Crippen LogP contribution in [0.4, 0.5) is 17.6 Å². The highest BCUT2D eigenvalue weighted by Crippen LogP contribution is 2.44. The fraction of sp³-hybridized carbons (Fsp3) is 0.125. The number of nitrogens with zero attached hydrogens (tertiary/aromatic N) is 2. The largest absolute Gasteiger partial charge is 0.433 e. The minimum absolute atomic E-state index is 0.0407. The number of rotatable bonds is 6. The molecule has 0 fully saturated rings. The van der Waals surface area contributed by atoms with Gasteiger partial charge in [0.25, 0.3) is 0 Å². The first kappa shape index (κ1) is 23.7. The average Bonchev–Trinajstić information content (AvgIpc) is 3.18. The third kappa shape index (κ3) is 4.87. The number of primary sulfonamides is 1. The number of nitrogens with two attached hydrogens (primary N) is 1. The molecule has 0 aliphatic rings. The van der Waals surface area contributed by atoms with Gasteiger partial charge in [-0.1, -0.05) is 60.7 Å². The molecule has 0 radical (unpaired) electrons. The predicted molar refractivity (Wildman–Crippen MR) is 120 cm³/mol. The maximum Gasteiger partial charge on any atom is 0.433 e. The molecule has 0 bridgehead atoms. The van der Waals surface area contributed by atoms with Crippen LogP contribution in [0.3, 0.4) is 0 Å². The summed E-state index contributed by atoms with van der Waals surface area (Å²) < 4.78 is 81.9. The molecule has 5 nitrogen and oxygen atoms in total. The van der Waals surface area contributed by atoms with Crippen LogP contribution in [-0.2, 0) is 29.2 Å². The van der Waals surface area contributed by atoms with Crippen molar-refractivity contribution >= 4 is 10.0 Å². The van der Waals surface area contributed by atoms with Crippen molar-refractivity contribution < 1.29 is 26.0 Å². The molecular formula is C24H19F4N3O2S. The first-order chi connectivity index (χ1) is 16.1. The summed E-state index contributed by atoms with van der Waals surface area (Å²) in [6.45, 7) is -0.120. The van der Waals surface area contributed by atoms with Crippen LogP contribution in [0.1, 0.15) is 11.3 Å². The number of hydrogen-bond acceptors (Lipinski definition) is 3. The Morgan fingerprint density at radius 3 is 2.12 bits per heavy atom. The summed E-state index contributed by atoms with van der Waals surface area (Å²) in [5.41, 5.74) is -0.851. The molecule has 1 aromatic heterocycles. The third-order valence-electron chi connectivity index (χ3n) is 5.26. The van der Waals surface area contributed by atoms with E-state index in [-0.39, 0.29) is 40.2 Å². The molecule has 0 aliphatic carbocycles. The van der Waals surface area contributed by atoms with Gasteiger partial charge < -0.3 is 0 Å². The van der Waals surface area contributed by atoms with Crippen LogP contribution >= 0.6 is 0 Å². The normalized spacial score (nSPS) is 12.1. The number of alkyl halides is 3. The van der Waals surface area contributed by atoms with Gasteiger partial charge in [0.15, 0.2) is 5.69 Å². The van der Waals surface area contributed by atoms with Gasteiger partial charge in [0.05, 0.1) is 4.90 Å². The Bertz CT molecular complexity index is 1420. The lowest BCUT2D eigenvalue weighted by Gasteiger charge is -2.13. The van der Waals surface area contributed by atoms with E-state index < -0.39 is 27.7 Å². The Kier molecular flexibility index (Phi) is 6.28. The van der Waals surface area contributed by atoms with Gasteiger partial charge >= 0.3 is 6.18 Å². The zero-order chi connectivity index (χ0) is 24.5. The quantitative estimate of drug-likeness (QED) is 0.375. The highest BCUT2D eigenvalue weighted by molar-refractivity contribution is 7.89. The minimum atomic E-state index is -4.83. The van der Waals surface area contributed by atoms with Gasteiger partial charge in [-0.25, -0.2) is 17.9 Å². The van der Waals surface area contributed by atoms with E-state index >= 15 is 0 Å². The van der Waals surface area contributed by atoms with Crippen molar-refractivity contribution in [3.05, 3.63) is 95.9 Å². The Labute approximate surface area is 193 Å².